The summed E-state index contributed by atoms with van der Waals surface area (Å²) in [6.07, 6.45) is 0.858. The molecule has 1 amide bonds. The van der Waals surface area contributed by atoms with Crippen LogP contribution in [0.3, 0.4) is 0 Å². The Kier molecular flexibility index (Phi) is 5.88. The number of hydrogen-bond acceptors (Lipinski definition) is 6. The first-order chi connectivity index (χ1) is 14.9. The normalized spacial score (nSPS) is 15.2. The molecule has 2 heterocycles. The van der Waals surface area contributed by atoms with Crippen molar-refractivity contribution in [2.45, 2.75) is 25.2 Å². The Bertz CT molecular complexity index is 1160. The lowest BCUT2D eigenvalue weighted by molar-refractivity contribution is 0.0698. The van der Waals surface area contributed by atoms with Gasteiger partial charge in [-0.25, -0.2) is 8.42 Å². The van der Waals surface area contributed by atoms with Gasteiger partial charge in [-0.2, -0.15) is 9.29 Å². The first-order valence-corrected chi connectivity index (χ1v) is 11.6. The molecule has 3 aromatic rings. The summed E-state index contributed by atoms with van der Waals surface area (Å²) in [7, 11) is -3.56. The van der Waals surface area contributed by atoms with Gasteiger partial charge in [0.1, 0.15) is 0 Å². The Morgan fingerprint density at radius 2 is 1.65 bits per heavy atom. The van der Waals surface area contributed by atoms with Crippen LogP contribution in [0.15, 0.2) is 57.9 Å². The average Bonchev–Trinajstić information content (AvgIpc) is 3.25. The standard InChI is InChI=1S/C22H24N4O4S/c1-3-17-4-10-20(11-5-17)31(28,29)26-14-12-25(13-15-26)22(27)19-8-6-18(7-9-19)21-23-16(2)30-24-21/h4-11H,3,12-15H2,1-2H3. The van der Waals surface area contributed by atoms with E-state index in [0.717, 1.165) is 17.5 Å². The van der Waals surface area contributed by atoms with Crippen LogP contribution in [0.2, 0.25) is 0 Å². The van der Waals surface area contributed by atoms with E-state index in [4.69, 9.17) is 4.52 Å². The maximum absolute atomic E-state index is 12.9. The minimum Gasteiger partial charge on any atom is -0.339 e. The van der Waals surface area contributed by atoms with Crippen molar-refractivity contribution in [1.82, 2.24) is 19.3 Å². The summed E-state index contributed by atoms with van der Waals surface area (Å²) >= 11 is 0. The lowest BCUT2D eigenvalue weighted by Crippen LogP contribution is -2.50. The van der Waals surface area contributed by atoms with Crippen molar-refractivity contribution in [3.63, 3.8) is 0 Å². The van der Waals surface area contributed by atoms with Gasteiger partial charge < -0.3 is 9.42 Å². The van der Waals surface area contributed by atoms with Gasteiger partial charge >= 0.3 is 0 Å². The van der Waals surface area contributed by atoms with E-state index in [0.29, 0.717) is 30.4 Å². The number of hydrogen-bond donors (Lipinski definition) is 0. The molecule has 0 aliphatic carbocycles. The lowest BCUT2D eigenvalue weighted by Gasteiger charge is -2.34. The van der Waals surface area contributed by atoms with E-state index in [1.54, 1.807) is 48.2 Å². The number of nitrogens with zero attached hydrogens (tertiary/aromatic N) is 4. The summed E-state index contributed by atoms with van der Waals surface area (Å²) in [6, 6.07) is 14.0. The van der Waals surface area contributed by atoms with E-state index in [-0.39, 0.29) is 23.9 Å². The van der Waals surface area contributed by atoms with Crippen LogP contribution in [-0.2, 0) is 16.4 Å². The molecular weight excluding hydrogens is 416 g/mol. The Balaban J connectivity index is 1.40. The van der Waals surface area contributed by atoms with E-state index < -0.39 is 10.0 Å². The molecule has 0 bridgehead atoms. The number of amides is 1. The smallest absolute Gasteiger partial charge is 0.253 e. The highest BCUT2D eigenvalue weighted by Crippen LogP contribution is 2.21. The van der Waals surface area contributed by atoms with Crippen LogP contribution < -0.4 is 0 Å². The van der Waals surface area contributed by atoms with E-state index in [2.05, 4.69) is 10.1 Å². The molecule has 2 aromatic carbocycles. The molecule has 8 nitrogen and oxygen atoms in total. The number of aromatic nitrogens is 2. The molecule has 0 atom stereocenters. The first-order valence-electron chi connectivity index (χ1n) is 10.2. The molecule has 1 aromatic heterocycles. The van der Waals surface area contributed by atoms with Gasteiger partial charge in [-0.15, -0.1) is 0 Å². The molecule has 1 saturated heterocycles. The van der Waals surface area contributed by atoms with Crippen molar-refractivity contribution in [3.8, 4) is 11.4 Å². The van der Waals surface area contributed by atoms with Gasteiger partial charge in [-0.3, -0.25) is 4.79 Å². The molecule has 0 unspecified atom stereocenters. The number of benzene rings is 2. The van der Waals surface area contributed by atoms with E-state index in [1.807, 2.05) is 19.1 Å². The minimum atomic E-state index is -3.56. The third-order valence-electron chi connectivity index (χ3n) is 5.41. The number of sulfonamides is 1. The number of piperazine rings is 1. The second-order valence-corrected chi connectivity index (χ2v) is 9.35. The van der Waals surface area contributed by atoms with Gasteiger partial charge in [0.15, 0.2) is 0 Å². The SMILES string of the molecule is CCc1ccc(S(=O)(=O)N2CCN(C(=O)c3ccc(-c4noc(C)n4)cc3)CC2)cc1. The first kappa shape index (κ1) is 21.2. The van der Waals surface area contributed by atoms with E-state index in [1.165, 1.54) is 4.31 Å². The minimum absolute atomic E-state index is 0.125. The second-order valence-electron chi connectivity index (χ2n) is 7.41. The number of rotatable bonds is 5. The summed E-state index contributed by atoms with van der Waals surface area (Å²) in [4.78, 5) is 19.0. The van der Waals surface area contributed by atoms with Crippen molar-refractivity contribution in [1.29, 1.82) is 0 Å². The van der Waals surface area contributed by atoms with Crippen LogP contribution in [0.25, 0.3) is 11.4 Å². The van der Waals surface area contributed by atoms with Crippen LogP contribution in [0.5, 0.6) is 0 Å². The summed E-state index contributed by atoms with van der Waals surface area (Å²) < 4.78 is 32.2. The van der Waals surface area contributed by atoms with Gasteiger partial charge in [0.25, 0.3) is 5.91 Å². The summed E-state index contributed by atoms with van der Waals surface area (Å²) in [5.74, 6) is 0.826. The summed E-state index contributed by atoms with van der Waals surface area (Å²) in [6.45, 7) is 4.97. The molecule has 9 heteroatoms. The molecule has 0 saturated carbocycles. The predicted molar refractivity (Wildman–Crippen MR) is 115 cm³/mol. The third kappa shape index (κ3) is 4.38. The van der Waals surface area contributed by atoms with Crippen molar-refractivity contribution < 1.29 is 17.7 Å². The molecule has 1 aliphatic heterocycles. The van der Waals surface area contributed by atoms with Crippen LogP contribution in [-0.4, -0.2) is 59.8 Å². The second kappa shape index (κ2) is 8.60. The van der Waals surface area contributed by atoms with Crippen molar-refractivity contribution in [3.05, 3.63) is 65.5 Å². The molecule has 0 spiro atoms. The molecule has 0 radical (unpaired) electrons. The molecule has 0 N–H and O–H groups in total. The van der Waals surface area contributed by atoms with Crippen LogP contribution in [0, 0.1) is 6.92 Å². The van der Waals surface area contributed by atoms with Gasteiger partial charge in [0.2, 0.25) is 21.7 Å². The topological polar surface area (TPSA) is 96.6 Å². The molecule has 162 valence electrons. The Morgan fingerprint density at radius 1 is 1.00 bits per heavy atom. The number of aryl methyl sites for hydroxylation is 2. The van der Waals surface area contributed by atoms with Crippen LogP contribution in [0.1, 0.15) is 28.7 Å². The number of carbonyl (C=O) groups excluding carboxylic acids is 1. The molecule has 1 aliphatic rings. The van der Waals surface area contributed by atoms with Gasteiger partial charge in [-0.05, 0) is 36.2 Å². The van der Waals surface area contributed by atoms with E-state index >= 15 is 0 Å². The fourth-order valence-electron chi connectivity index (χ4n) is 3.54. The quantitative estimate of drug-likeness (QED) is 0.605. The maximum Gasteiger partial charge on any atom is 0.253 e. The highest BCUT2D eigenvalue weighted by molar-refractivity contribution is 7.89. The molecule has 1 fully saturated rings. The molecule has 31 heavy (non-hydrogen) atoms. The monoisotopic (exact) mass is 440 g/mol. The highest BCUT2D eigenvalue weighted by Gasteiger charge is 2.30. The summed E-state index contributed by atoms with van der Waals surface area (Å²) in [5, 5.41) is 3.87. The van der Waals surface area contributed by atoms with E-state index in [9.17, 15) is 13.2 Å². The van der Waals surface area contributed by atoms with Gasteiger partial charge in [0, 0.05) is 44.2 Å². The Labute approximate surface area is 181 Å². The number of carbonyl (C=O) groups is 1. The Hall–Kier alpha value is -3.04. The zero-order chi connectivity index (χ0) is 22.0. The van der Waals surface area contributed by atoms with Gasteiger partial charge in [-0.1, -0.05) is 36.3 Å². The van der Waals surface area contributed by atoms with Crippen molar-refractivity contribution >= 4 is 15.9 Å². The zero-order valence-electron chi connectivity index (χ0n) is 17.5. The fourth-order valence-corrected chi connectivity index (χ4v) is 4.96. The highest BCUT2D eigenvalue weighted by atomic mass is 32.2. The summed E-state index contributed by atoms with van der Waals surface area (Å²) in [5.41, 5.74) is 2.39. The maximum atomic E-state index is 12.9. The fraction of sp³-hybridized carbons (Fsp3) is 0.318. The van der Waals surface area contributed by atoms with Crippen molar-refractivity contribution in [2.24, 2.45) is 0 Å². The van der Waals surface area contributed by atoms with Crippen LogP contribution >= 0.6 is 0 Å². The molecular formula is C22H24N4O4S. The third-order valence-corrected chi connectivity index (χ3v) is 7.33. The lowest BCUT2D eigenvalue weighted by atomic mass is 10.1. The Morgan fingerprint density at radius 3 is 2.19 bits per heavy atom. The predicted octanol–water partition coefficient (Wildman–Crippen LogP) is 2.75. The largest absolute Gasteiger partial charge is 0.339 e. The zero-order valence-corrected chi connectivity index (χ0v) is 18.3. The van der Waals surface area contributed by atoms with Crippen LogP contribution in [0.4, 0.5) is 0 Å². The van der Waals surface area contributed by atoms with Gasteiger partial charge in [0.05, 0.1) is 4.90 Å². The average molecular weight is 441 g/mol. The van der Waals surface area contributed by atoms with Crippen molar-refractivity contribution in [2.75, 3.05) is 26.2 Å². The molecule has 4 rings (SSSR count).